The maximum atomic E-state index is 11.3. The lowest BCUT2D eigenvalue weighted by Gasteiger charge is -2.06. The van der Waals surface area contributed by atoms with Crippen LogP contribution in [-0.2, 0) is 28.5 Å². The average molecular weight is 363 g/mol. The molecule has 0 N–H and O–H groups in total. The molecule has 0 aromatic carbocycles. The molecule has 0 saturated heterocycles. The van der Waals surface area contributed by atoms with E-state index < -0.39 is 0 Å². The van der Waals surface area contributed by atoms with Gasteiger partial charge in [-0.05, 0) is 26.7 Å². The maximum Gasteiger partial charge on any atom is 0.305 e. The molecular formula is C14H28Cl2O6. The first-order valence-electron chi connectivity index (χ1n) is 7.17. The molecule has 0 rings (SSSR count). The van der Waals surface area contributed by atoms with Crippen LogP contribution in [0.25, 0.3) is 0 Å². The number of carbonyl (C=O) groups is 2. The molecule has 0 amide bonds. The summed E-state index contributed by atoms with van der Waals surface area (Å²) in [5.74, 6) is -0.510. The van der Waals surface area contributed by atoms with Crippen LogP contribution in [0.2, 0.25) is 0 Å². The second-order valence-corrected chi connectivity index (χ2v) is 4.04. The van der Waals surface area contributed by atoms with Crippen molar-refractivity contribution >= 4 is 36.8 Å². The molecule has 0 saturated carbocycles. The normalized spacial score (nSPS) is 9.36. The summed E-state index contributed by atoms with van der Waals surface area (Å²) >= 11 is 0. The third-order valence-corrected chi connectivity index (χ3v) is 2.40. The van der Waals surface area contributed by atoms with Crippen LogP contribution >= 0.6 is 24.8 Å². The number of unbranched alkanes of at least 4 members (excludes halogenated alkanes) is 1. The molecule has 0 aliphatic rings. The summed E-state index contributed by atoms with van der Waals surface area (Å²) in [4.78, 5) is 22.6. The first-order valence-corrected chi connectivity index (χ1v) is 7.17. The quantitative estimate of drug-likeness (QED) is 0.370. The maximum absolute atomic E-state index is 11.3. The van der Waals surface area contributed by atoms with Gasteiger partial charge in [0.2, 0.25) is 0 Å². The highest BCUT2D eigenvalue weighted by atomic mass is 35.5. The van der Waals surface area contributed by atoms with E-state index in [1.807, 2.05) is 13.8 Å². The van der Waals surface area contributed by atoms with Crippen molar-refractivity contribution < 1.29 is 28.5 Å². The lowest BCUT2D eigenvalue weighted by atomic mass is 10.2. The van der Waals surface area contributed by atoms with Gasteiger partial charge in [-0.25, -0.2) is 0 Å². The molecule has 0 fully saturated rings. The van der Waals surface area contributed by atoms with Gasteiger partial charge >= 0.3 is 11.9 Å². The Morgan fingerprint density at radius 1 is 0.682 bits per heavy atom. The first-order chi connectivity index (χ1) is 9.70. The molecule has 8 heteroatoms. The van der Waals surface area contributed by atoms with E-state index in [0.29, 0.717) is 52.1 Å². The standard InChI is InChI=1S/C14H26O6.2ClH/c1-3-17-9-11-19-13(15)7-5-6-8-14(16)20-12-10-18-4-2;;/h3-12H2,1-2H3;2*1H. The highest BCUT2D eigenvalue weighted by molar-refractivity contribution is 5.85. The molecule has 22 heavy (non-hydrogen) atoms. The van der Waals surface area contributed by atoms with Crippen LogP contribution in [0.1, 0.15) is 39.5 Å². The number of esters is 2. The summed E-state index contributed by atoms with van der Waals surface area (Å²) < 4.78 is 20.0. The average Bonchev–Trinajstić information content (AvgIpc) is 2.44. The predicted molar refractivity (Wildman–Crippen MR) is 87.9 cm³/mol. The van der Waals surface area contributed by atoms with Gasteiger partial charge in [-0.3, -0.25) is 9.59 Å². The van der Waals surface area contributed by atoms with E-state index in [4.69, 9.17) is 18.9 Å². The highest BCUT2D eigenvalue weighted by Crippen LogP contribution is 2.03. The fraction of sp³-hybridized carbons (Fsp3) is 0.857. The molecule has 0 unspecified atom stereocenters. The third kappa shape index (κ3) is 19.4. The number of ether oxygens (including phenoxy) is 4. The van der Waals surface area contributed by atoms with Gasteiger partial charge in [-0.2, -0.15) is 0 Å². The van der Waals surface area contributed by atoms with Crippen LogP contribution in [0.15, 0.2) is 0 Å². The van der Waals surface area contributed by atoms with Crippen LogP contribution in [0.3, 0.4) is 0 Å². The molecule has 0 aliphatic heterocycles. The Kier molecular flexibility index (Phi) is 24.5. The van der Waals surface area contributed by atoms with E-state index in [9.17, 15) is 9.59 Å². The SMILES string of the molecule is CCOCCOC(=O)CCCCC(=O)OCCOCC.Cl.Cl. The first kappa shape index (κ1) is 26.3. The van der Waals surface area contributed by atoms with Crippen molar-refractivity contribution in [3.63, 3.8) is 0 Å². The lowest BCUT2D eigenvalue weighted by Crippen LogP contribution is -2.12. The van der Waals surface area contributed by atoms with Crippen molar-refractivity contribution in [3.05, 3.63) is 0 Å². The van der Waals surface area contributed by atoms with E-state index in [-0.39, 0.29) is 50.0 Å². The van der Waals surface area contributed by atoms with Crippen LogP contribution in [0, 0.1) is 0 Å². The van der Waals surface area contributed by atoms with Crippen molar-refractivity contribution in [1.29, 1.82) is 0 Å². The van der Waals surface area contributed by atoms with Crippen LogP contribution in [-0.4, -0.2) is 51.6 Å². The second-order valence-electron chi connectivity index (χ2n) is 4.04. The predicted octanol–water partition coefficient (Wildman–Crippen LogP) is 2.55. The van der Waals surface area contributed by atoms with E-state index in [0.717, 1.165) is 0 Å². The van der Waals surface area contributed by atoms with Crippen molar-refractivity contribution in [2.45, 2.75) is 39.5 Å². The minimum atomic E-state index is -0.255. The topological polar surface area (TPSA) is 71.1 Å². The summed E-state index contributed by atoms with van der Waals surface area (Å²) in [5, 5.41) is 0. The van der Waals surface area contributed by atoms with Gasteiger partial charge in [0.15, 0.2) is 0 Å². The zero-order valence-electron chi connectivity index (χ0n) is 13.3. The zero-order chi connectivity index (χ0) is 15.1. The molecule has 0 aliphatic carbocycles. The highest BCUT2D eigenvalue weighted by Gasteiger charge is 2.06. The molecule has 0 atom stereocenters. The summed E-state index contributed by atoms with van der Waals surface area (Å²) in [5.41, 5.74) is 0. The fourth-order valence-electron chi connectivity index (χ4n) is 1.40. The van der Waals surface area contributed by atoms with E-state index in [1.54, 1.807) is 0 Å². The Morgan fingerprint density at radius 2 is 1.05 bits per heavy atom. The van der Waals surface area contributed by atoms with Gasteiger partial charge in [0.05, 0.1) is 13.2 Å². The Bertz CT molecular complexity index is 238. The Morgan fingerprint density at radius 3 is 1.36 bits per heavy atom. The number of carbonyl (C=O) groups excluding carboxylic acids is 2. The smallest absolute Gasteiger partial charge is 0.305 e. The van der Waals surface area contributed by atoms with Crippen LogP contribution in [0.5, 0.6) is 0 Å². The van der Waals surface area contributed by atoms with E-state index in [1.165, 1.54) is 0 Å². The summed E-state index contributed by atoms with van der Waals surface area (Å²) in [6.07, 6.45) is 1.87. The van der Waals surface area contributed by atoms with Crippen molar-refractivity contribution in [2.75, 3.05) is 39.6 Å². The fourth-order valence-corrected chi connectivity index (χ4v) is 1.40. The van der Waals surface area contributed by atoms with Crippen molar-refractivity contribution in [1.82, 2.24) is 0 Å². The Labute approximate surface area is 145 Å². The molecule has 0 radical (unpaired) electrons. The number of hydrogen-bond acceptors (Lipinski definition) is 6. The van der Waals surface area contributed by atoms with Gasteiger partial charge in [0.25, 0.3) is 0 Å². The van der Waals surface area contributed by atoms with E-state index in [2.05, 4.69) is 0 Å². The minimum Gasteiger partial charge on any atom is -0.463 e. The summed E-state index contributed by atoms with van der Waals surface area (Å²) in [6, 6.07) is 0. The molecule has 0 heterocycles. The molecular weight excluding hydrogens is 335 g/mol. The van der Waals surface area contributed by atoms with Gasteiger partial charge in [-0.15, -0.1) is 24.8 Å². The number of halogens is 2. The van der Waals surface area contributed by atoms with Crippen molar-refractivity contribution in [3.8, 4) is 0 Å². The summed E-state index contributed by atoms with van der Waals surface area (Å²) in [6.45, 7) is 6.41. The molecule has 0 aromatic heterocycles. The monoisotopic (exact) mass is 362 g/mol. The number of hydrogen-bond donors (Lipinski definition) is 0. The van der Waals surface area contributed by atoms with Gasteiger partial charge in [-0.1, -0.05) is 0 Å². The van der Waals surface area contributed by atoms with Gasteiger partial charge in [0, 0.05) is 26.1 Å². The van der Waals surface area contributed by atoms with E-state index >= 15 is 0 Å². The van der Waals surface area contributed by atoms with Crippen LogP contribution in [0.4, 0.5) is 0 Å². The molecule has 0 aromatic rings. The minimum absolute atomic E-state index is 0. The third-order valence-electron chi connectivity index (χ3n) is 2.40. The number of rotatable bonds is 13. The molecule has 0 bridgehead atoms. The Balaban J connectivity index is -0.00000180. The molecule has 134 valence electrons. The summed E-state index contributed by atoms with van der Waals surface area (Å²) in [7, 11) is 0. The van der Waals surface area contributed by atoms with Gasteiger partial charge in [0.1, 0.15) is 13.2 Å². The van der Waals surface area contributed by atoms with Gasteiger partial charge < -0.3 is 18.9 Å². The lowest BCUT2D eigenvalue weighted by molar-refractivity contribution is -0.147. The molecule has 0 spiro atoms. The van der Waals surface area contributed by atoms with Crippen molar-refractivity contribution in [2.24, 2.45) is 0 Å². The largest absolute Gasteiger partial charge is 0.463 e. The zero-order valence-corrected chi connectivity index (χ0v) is 15.0. The van der Waals surface area contributed by atoms with Crippen LogP contribution < -0.4 is 0 Å². The second kappa shape index (κ2) is 20.4. The molecule has 6 nitrogen and oxygen atoms in total. The Hall–Kier alpha value is -0.560.